The molecule has 0 saturated carbocycles. The van der Waals surface area contributed by atoms with E-state index in [1.54, 1.807) is 0 Å². The Hall–Kier alpha value is -0.420. The van der Waals surface area contributed by atoms with Gasteiger partial charge in [0.05, 0.1) is 11.7 Å². The Morgan fingerprint density at radius 3 is 2.31 bits per heavy atom. The molecule has 0 fully saturated rings. The summed E-state index contributed by atoms with van der Waals surface area (Å²) in [6.07, 6.45) is 2.32. The van der Waals surface area contributed by atoms with Crippen LogP contribution in [-0.2, 0) is 7.05 Å². The van der Waals surface area contributed by atoms with Crippen LogP contribution in [0.2, 0.25) is 0 Å². The second kappa shape index (κ2) is 6.35. The minimum absolute atomic E-state index is 0.328. The van der Waals surface area contributed by atoms with Crippen LogP contribution < -0.4 is 5.32 Å². The summed E-state index contributed by atoms with van der Waals surface area (Å²) in [6, 6.07) is 0.328. The maximum absolute atomic E-state index is 4.06. The van der Waals surface area contributed by atoms with Crippen molar-refractivity contribution in [3.05, 3.63) is 10.3 Å². The number of halogens is 1. The number of nitrogens with one attached hydrogen (secondary N) is 1. The van der Waals surface area contributed by atoms with Gasteiger partial charge in [0.2, 0.25) is 0 Å². The highest BCUT2D eigenvalue weighted by molar-refractivity contribution is 9.10. The molecule has 5 heteroatoms. The lowest BCUT2D eigenvalue weighted by Crippen LogP contribution is -2.29. The van der Waals surface area contributed by atoms with E-state index in [2.05, 4.69) is 52.3 Å². The van der Waals surface area contributed by atoms with Gasteiger partial charge in [0, 0.05) is 7.05 Å². The van der Waals surface area contributed by atoms with Gasteiger partial charge in [-0.1, -0.05) is 38.8 Å². The van der Waals surface area contributed by atoms with E-state index in [1.807, 2.05) is 11.7 Å². The van der Waals surface area contributed by atoms with Crippen molar-refractivity contribution in [1.29, 1.82) is 0 Å². The summed E-state index contributed by atoms with van der Waals surface area (Å²) in [4.78, 5) is 0. The third kappa shape index (κ3) is 2.83. The molecule has 0 aliphatic heterocycles. The van der Waals surface area contributed by atoms with E-state index < -0.39 is 0 Å². The average Bonchev–Trinajstić information content (AvgIpc) is 2.59. The molecular formula is C11H21BrN4. The molecule has 1 aromatic heterocycles. The number of aromatic nitrogens is 3. The van der Waals surface area contributed by atoms with Crippen molar-refractivity contribution in [3.8, 4) is 0 Å². The summed E-state index contributed by atoms with van der Waals surface area (Å²) in [5, 5.41) is 11.6. The summed E-state index contributed by atoms with van der Waals surface area (Å²) in [6.45, 7) is 7.55. The Bertz CT molecular complexity index is 300. The molecule has 0 aromatic carbocycles. The highest BCUT2D eigenvalue weighted by Gasteiger charge is 2.25. The van der Waals surface area contributed by atoms with Gasteiger partial charge in [0.25, 0.3) is 0 Å². The van der Waals surface area contributed by atoms with Crippen molar-refractivity contribution >= 4 is 15.9 Å². The minimum atomic E-state index is 0.328. The lowest BCUT2D eigenvalue weighted by molar-refractivity contribution is 0.330. The van der Waals surface area contributed by atoms with Gasteiger partial charge in [-0.3, -0.25) is 0 Å². The second-order valence-electron chi connectivity index (χ2n) is 4.00. The van der Waals surface area contributed by atoms with E-state index >= 15 is 0 Å². The molecule has 0 aliphatic rings. The first kappa shape index (κ1) is 13.6. The average molecular weight is 289 g/mol. The second-order valence-corrected chi connectivity index (χ2v) is 4.75. The van der Waals surface area contributed by atoms with Gasteiger partial charge in [-0.15, -0.1) is 5.10 Å². The van der Waals surface area contributed by atoms with Crippen molar-refractivity contribution in [2.45, 2.75) is 39.7 Å². The van der Waals surface area contributed by atoms with Crippen LogP contribution in [-0.4, -0.2) is 21.5 Å². The minimum Gasteiger partial charge on any atom is -0.309 e. The normalized spacial score (nSPS) is 13.4. The number of hydrogen-bond donors (Lipinski definition) is 1. The van der Waals surface area contributed by atoms with Crippen LogP contribution in [0.25, 0.3) is 0 Å². The third-order valence-electron chi connectivity index (χ3n) is 3.07. The van der Waals surface area contributed by atoms with Crippen molar-refractivity contribution < 1.29 is 0 Å². The topological polar surface area (TPSA) is 42.7 Å². The molecule has 0 radical (unpaired) electrons. The van der Waals surface area contributed by atoms with Crippen LogP contribution in [0.4, 0.5) is 0 Å². The smallest absolute Gasteiger partial charge is 0.153 e. The molecular weight excluding hydrogens is 268 g/mol. The van der Waals surface area contributed by atoms with E-state index in [-0.39, 0.29) is 0 Å². The van der Waals surface area contributed by atoms with E-state index in [0.29, 0.717) is 12.0 Å². The first-order chi connectivity index (χ1) is 7.65. The van der Waals surface area contributed by atoms with Gasteiger partial charge < -0.3 is 5.32 Å². The number of rotatable bonds is 6. The maximum Gasteiger partial charge on any atom is 0.153 e. The van der Waals surface area contributed by atoms with Crippen molar-refractivity contribution in [2.24, 2.45) is 13.0 Å². The van der Waals surface area contributed by atoms with Gasteiger partial charge in [-0.25, -0.2) is 4.68 Å². The Balaban J connectivity index is 3.01. The van der Waals surface area contributed by atoms with Crippen LogP contribution in [0.3, 0.4) is 0 Å². The monoisotopic (exact) mass is 288 g/mol. The van der Waals surface area contributed by atoms with Crippen molar-refractivity contribution in [3.63, 3.8) is 0 Å². The van der Waals surface area contributed by atoms with Crippen LogP contribution in [0.5, 0.6) is 0 Å². The lowest BCUT2D eigenvalue weighted by Gasteiger charge is -2.26. The fourth-order valence-electron chi connectivity index (χ4n) is 2.14. The summed E-state index contributed by atoms with van der Waals surface area (Å²) in [5.41, 5.74) is 1.15. The molecule has 0 spiro atoms. The van der Waals surface area contributed by atoms with Gasteiger partial charge in [-0.2, -0.15) is 0 Å². The Labute approximate surface area is 106 Å². The Kier molecular flexibility index (Phi) is 5.41. The molecule has 0 aliphatic carbocycles. The third-order valence-corrected chi connectivity index (χ3v) is 3.63. The predicted molar refractivity (Wildman–Crippen MR) is 69.2 cm³/mol. The molecule has 1 rings (SSSR count). The van der Waals surface area contributed by atoms with Gasteiger partial charge in [-0.05, 0) is 28.4 Å². The molecule has 1 unspecified atom stereocenters. The van der Waals surface area contributed by atoms with Crippen LogP contribution >= 0.6 is 15.9 Å². The fraction of sp³-hybridized carbons (Fsp3) is 0.818. The summed E-state index contributed by atoms with van der Waals surface area (Å²) in [5.74, 6) is 0.619. The fourth-order valence-corrected chi connectivity index (χ4v) is 2.71. The summed E-state index contributed by atoms with van der Waals surface area (Å²) in [7, 11) is 1.94. The van der Waals surface area contributed by atoms with E-state index in [9.17, 15) is 0 Å². The molecule has 0 bridgehead atoms. The predicted octanol–water partition coefficient (Wildman–Crippen LogP) is 2.66. The molecule has 1 atom stereocenters. The summed E-state index contributed by atoms with van der Waals surface area (Å²) < 4.78 is 2.71. The van der Waals surface area contributed by atoms with E-state index in [0.717, 1.165) is 29.7 Å². The Morgan fingerprint density at radius 1 is 1.31 bits per heavy atom. The molecule has 4 nitrogen and oxygen atoms in total. The number of nitrogens with zero attached hydrogens (tertiary/aromatic N) is 3. The highest BCUT2D eigenvalue weighted by Crippen LogP contribution is 2.30. The van der Waals surface area contributed by atoms with Crippen LogP contribution in [0.15, 0.2) is 4.60 Å². The molecule has 1 heterocycles. The SMILES string of the molecule is CCNC(c1c(Br)nnn1C)C(CC)CC. The molecule has 92 valence electrons. The zero-order valence-corrected chi connectivity index (χ0v) is 12.1. The van der Waals surface area contributed by atoms with Crippen LogP contribution in [0.1, 0.15) is 45.3 Å². The van der Waals surface area contributed by atoms with Gasteiger partial charge in [0.1, 0.15) is 0 Å². The van der Waals surface area contributed by atoms with E-state index in [4.69, 9.17) is 0 Å². The first-order valence-corrected chi connectivity index (χ1v) is 6.73. The zero-order chi connectivity index (χ0) is 12.1. The number of hydrogen-bond acceptors (Lipinski definition) is 3. The molecule has 0 amide bonds. The lowest BCUT2D eigenvalue weighted by atomic mass is 9.92. The quantitative estimate of drug-likeness (QED) is 0.875. The van der Waals surface area contributed by atoms with Crippen molar-refractivity contribution in [2.75, 3.05) is 6.54 Å². The standard InChI is InChI=1S/C11H21BrN4/c1-5-8(6-2)9(13-7-3)10-11(12)14-15-16(10)4/h8-9,13H,5-7H2,1-4H3. The van der Waals surface area contributed by atoms with Gasteiger partial charge in [0.15, 0.2) is 4.60 Å². The van der Waals surface area contributed by atoms with Crippen LogP contribution in [0, 0.1) is 5.92 Å². The number of aryl methyl sites for hydroxylation is 1. The molecule has 0 saturated heterocycles. The first-order valence-electron chi connectivity index (χ1n) is 5.94. The molecule has 16 heavy (non-hydrogen) atoms. The highest BCUT2D eigenvalue weighted by atomic mass is 79.9. The molecule has 1 N–H and O–H groups in total. The van der Waals surface area contributed by atoms with Gasteiger partial charge >= 0.3 is 0 Å². The largest absolute Gasteiger partial charge is 0.309 e. The maximum atomic E-state index is 4.06. The summed E-state index contributed by atoms with van der Waals surface area (Å²) >= 11 is 3.48. The molecule has 1 aromatic rings. The van der Waals surface area contributed by atoms with E-state index in [1.165, 1.54) is 0 Å². The zero-order valence-electron chi connectivity index (χ0n) is 10.5. The Morgan fingerprint density at radius 2 is 1.94 bits per heavy atom. The van der Waals surface area contributed by atoms with Crippen molar-refractivity contribution in [1.82, 2.24) is 20.3 Å².